The number of carbonyl (C=O) groups is 1. The molecule has 0 bridgehead atoms. The smallest absolute Gasteiger partial charge is 0.240 e. The molecule has 0 aromatic heterocycles. The van der Waals surface area contributed by atoms with Gasteiger partial charge in [-0.05, 0) is 42.6 Å². The second-order valence-corrected chi connectivity index (χ2v) is 9.38. The predicted octanol–water partition coefficient (Wildman–Crippen LogP) is 1.94. The van der Waals surface area contributed by atoms with Crippen LogP contribution in [0.2, 0.25) is 0 Å². The molecule has 3 rings (SSSR count). The van der Waals surface area contributed by atoms with Gasteiger partial charge in [0.1, 0.15) is 0 Å². The largest absolute Gasteiger partial charge is 0.379 e. The average Bonchev–Trinajstić information content (AvgIpc) is 2.81. The molecule has 1 amide bonds. The van der Waals surface area contributed by atoms with Crippen LogP contribution in [0.4, 0.5) is 0 Å². The highest BCUT2D eigenvalue weighted by Gasteiger charge is 2.14. The lowest BCUT2D eigenvalue weighted by atomic mass is 10.1. The van der Waals surface area contributed by atoms with Gasteiger partial charge in [0.25, 0.3) is 0 Å². The number of rotatable bonds is 11. The molecule has 31 heavy (non-hydrogen) atoms. The summed E-state index contributed by atoms with van der Waals surface area (Å²) < 4.78 is 32.9. The van der Waals surface area contributed by atoms with Crippen molar-refractivity contribution in [1.82, 2.24) is 14.9 Å². The maximum atomic E-state index is 12.5. The highest BCUT2D eigenvalue weighted by molar-refractivity contribution is 7.89. The minimum atomic E-state index is -3.57. The molecule has 2 aromatic carbocycles. The molecule has 2 aromatic rings. The zero-order valence-electron chi connectivity index (χ0n) is 17.8. The van der Waals surface area contributed by atoms with Crippen molar-refractivity contribution in [3.8, 4) is 0 Å². The Morgan fingerprint density at radius 1 is 0.968 bits per heavy atom. The summed E-state index contributed by atoms with van der Waals surface area (Å²) in [6.45, 7) is 5.38. The Morgan fingerprint density at radius 3 is 2.39 bits per heavy atom. The van der Waals surface area contributed by atoms with Gasteiger partial charge in [0, 0.05) is 32.6 Å². The van der Waals surface area contributed by atoms with Crippen molar-refractivity contribution in [2.75, 3.05) is 39.4 Å². The number of benzene rings is 2. The van der Waals surface area contributed by atoms with Gasteiger partial charge in [-0.3, -0.25) is 9.69 Å². The monoisotopic (exact) mass is 445 g/mol. The number of ether oxygens (including phenoxy) is 1. The average molecular weight is 446 g/mol. The lowest BCUT2D eigenvalue weighted by molar-refractivity contribution is -0.121. The number of aryl methyl sites for hydroxylation is 1. The fraction of sp³-hybridized carbons (Fsp3) is 0.435. The summed E-state index contributed by atoms with van der Waals surface area (Å²) >= 11 is 0. The van der Waals surface area contributed by atoms with E-state index in [0.29, 0.717) is 19.4 Å². The SMILES string of the molecule is O=C(CCc1ccc(S(=O)(=O)NCc2ccccc2)cc1)NCCCN1CCOCC1. The summed E-state index contributed by atoms with van der Waals surface area (Å²) in [7, 11) is -3.57. The third kappa shape index (κ3) is 8.06. The number of amides is 1. The summed E-state index contributed by atoms with van der Waals surface area (Å²) in [5, 5.41) is 2.96. The van der Waals surface area contributed by atoms with E-state index in [4.69, 9.17) is 4.74 Å². The summed E-state index contributed by atoms with van der Waals surface area (Å²) in [5.41, 5.74) is 1.84. The van der Waals surface area contributed by atoms with E-state index >= 15 is 0 Å². The first-order chi connectivity index (χ1) is 15.0. The highest BCUT2D eigenvalue weighted by atomic mass is 32.2. The number of hydrogen-bond acceptors (Lipinski definition) is 5. The second kappa shape index (κ2) is 12.0. The van der Waals surface area contributed by atoms with Gasteiger partial charge in [-0.2, -0.15) is 0 Å². The zero-order chi connectivity index (χ0) is 21.9. The molecule has 1 heterocycles. The molecule has 168 valence electrons. The first kappa shape index (κ1) is 23.4. The van der Waals surface area contributed by atoms with Gasteiger partial charge in [-0.1, -0.05) is 42.5 Å². The van der Waals surface area contributed by atoms with Crippen LogP contribution in [0.15, 0.2) is 59.5 Å². The van der Waals surface area contributed by atoms with Crippen LogP contribution in [-0.2, 0) is 32.5 Å². The van der Waals surface area contributed by atoms with Crippen molar-refractivity contribution in [3.63, 3.8) is 0 Å². The molecule has 0 spiro atoms. The number of nitrogens with one attached hydrogen (secondary N) is 2. The molecule has 0 aliphatic carbocycles. The predicted molar refractivity (Wildman–Crippen MR) is 120 cm³/mol. The van der Waals surface area contributed by atoms with E-state index in [1.165, 1.54) is 0 Å². The van der Waals surface area contributed by atoms with Crippen molar-refractivity contribution in [2.24, 2.45) is 0 Å². The lowest BCUT2D eigenvalue weighted by Gasteiger charge is -2.26. The Labute approximate surface area is 184 Å². The van der Waals surface area contributed by atoms with Crippen molar-refractivity contribution < 1.29 is 17.9 Å². The molecule has 0 saturated carbocycles. The van der Waals surface area contributed by atoms with Crippen LogP contribution < -0.4 is 10.0 Å². The van der Waals surface area contributed by atoms with E-state index in [9.17, 15) is 13.2 Å². The molecule has 1 saturated heterocycles. The van der Waals surface area contributed by atoms with Gasteiger partial charge >= 0.3 is 0 Å². The molecule has 7 nitrogen and oxygen atoms in total. The maximum Gasteiger partial charge on any atom is 0.240 e. The fourth-order valence-corrected chi connectivity index (χ4v) is 4.41. The van der Waals surface area contributed by atoms with Crippen molar-refractivity contribution in [2.45, 2.75) is 30.7 Å². The topological polar surface area (TPSA) is 87.7 Å². The quantitative estimate of drug-likeness (QED) is 0.516. The fourth-order valence-electron chi connectivity index (χ4n) is 3.39. The van der Waals surface area contributed by atoms with Crippen LogP contribution in [0.1, 0.15) is 24.0 Å². The van der Waals surface area contributed by atoms with E-state index in [2.05, 4.69) is 14.9 Å². The van der Waals surface area contributed by atoms with Crippen LogP contribution in [0.3, 0.4) is 0 Å². The molecule has 2 N–H and O–H groups in total. The number of nitrogens with zero attached hydrogens (tertiary/aromatic N) is 1. The molecule has 1 aliphatic heterocycles. The third-order valence-corrected chi connectivity index (χ3v) is 6.68. The van der Waals surface area contributed by atoms with Crippen LogP contribution in [0.5, 0.6) is 0 Å². The van der Waals surface area contributed by atoms with E-state index in [0.717, 1.165) is 50.4 Å². The number of morpholine rings is 1. The van der Waals surface area contributed by atoms with Crippen molar-refractivity contribution in [1.29, 1.82) is 0 Å². The Bertz CT molecular complexity index is 912. The Balaban J connectivity index is 1.36. The lowest BCUT2D eigenvalue weighted by Crippen LogP contribution is -2.38. The summed E-state index contributed by atoms with van der Waals surface area (Å²) in [4.78, 5) is 14.6. The summed E-state index contributed by atoms with van der Waals surface area (Å²) in [5.74, 6) is 0.0169. The number of carbonyl (C=O) groups excluding carboxylic acids is 1. The Hall–Kier alpha value is -2.26. The first-order valence-corrected chi connectivity index (χ1v) is 12.2. The Kier molecular flexibility index (Phi) is 9.02. The van der Waals surface area contributed by atoms with Crippen LogP contribution in [0.25, 0.3) is 0 Å². The second-order valence-electron chi connectivity index (χ2n) is 7.61. The van der Waals surface area contributed by atoms with E-state index in [-0.39, 0.29) is 17.3 Å². The minimum Gasteiger partial charge on any atom is -0.379 e. The molecule has 0 unspecified atom stereocenters. The van der Waals surface area contributed by atoms with Gasteiger partial charge in [-0.25, -0.2) is 13.1 Å². The molecule has 0 atom stereocenters. The first-order valence-electron chi connectivity index (χ1n) is 10.7. The minimum absolute atomic E-state index is 0.0169. The molecule has 1 aliphatic rings. The molecule has 8 heteroatoms. The molecule has 0 radical (unpaired) electrons. The van der Waals surface area contributed by atoms with Crippen LogP contribution in [0, 0.1) is 0 Å². The summed E-state index contributed by atoms with van der Waals surface area (Å²) in [6.07, 6.45) is 1.89. The normalized spacial score (nSPS) is 15.0. The number of sulfonamides is 1. The number of hydrogen-bond donors (Lipinski definition) is 2. The molecule has 1 fully saturated rings. The molecular formula is C23H31N3O4S. The van der Waals surface area contributed by atoms with Gasteiger partial charge in [0.2, 0.25) is 15.9 Å². The maximum absolute atomic E-state index is 12.5. The third-order valence-electron chi connectivity index (χ3n) is 5.26. The van der Waals surface area contributed by atoms with E-state index < -0.39 is 10.0 Å². The summed E-state index contributed by atoms with van der Waals surface area (Å²) in [6, 6.07) is 16.1. The van der Waals surface area contributed by atoms with Crippen molar-refractivity contribution in [3.05, 3.63) is 65.7 Å². The van der Waals surface area contributed by atoms with Gasteiger partial charge < -0.3 is 10.1 Å². The highest BCUT2D eigenvalue weighted by Crippen LogP contribution is 2.13. The van der Waals surface area contributed by atoms with Crippen molar-refractivity contribution >= 4 is 15.9 Å². The van der Waals surface area contributed by atoms with Gasteiger partial charge in [0.05, 0.1) is 18.1 Å². The van der Waals surface area contributed by atoms with Crippen LogP contribution >= 0.6 is 0 Å². The Morgan fingerprint density at radius 2 is 1.68 bits per heavy atom. The van der Waals surface area contributed by atoms with E-state index in [1.54, 1.807) is 24.3 Å². The van der Waals surface area contributed by atoms with E-state index in [1.807, 2.05) is 30.3 Å². The molecular weight excluding hydrogens is 414 g/mol. The van der Waals surface area contributed by atoms with Gasteiger partial charge in [0.15, 0.2) is 0 Å². The van der Waals surface area contributed by atoms with Gasteiger partial charge in [-0.15, -0.1) is 0 Å². The van der Waals surface area contributed by atoms with Crippen LogP contribution in [-0.4, -0.2) is 58.6 Å². The zero-order valence-corrected chi connectivity index (χ0v) is 18.6. The standard InChI is InChI=1S/C23H31N3O4S/c27-23(24-13-4-14-26-15-17-30-18-16-26)12-9-20-7-10-22(11-8-20)31(28,29)25-19-21-5-2-1-3-6-21/h1-3,5-8,10-11,25H,4,9,12-19H2,(H,24,27).